The summed E-state index contributed by atoms with van der Waals surface area (Å²) in [5.74, 6) is 0.721. The predicted molar refractivity (Wildman–Crippen MR) is 75.5 cm³/mol. The van der Waals surface area contributed by atoms with Gasteiger partial charge in [0.1, 0.15) is 24.9 Å². The van der Waals surface area contributed by atoms with Gasteiger partial charge in [0.05, 0.1) is 24.6 Å². The van der Waals surface area contributed by atoms with E-state index in [2.05, 4.69) is 0 Å². The van der Waals surface area contributed by atoms with Gasteiger partial charge in [-0.15, -0.1) is 0 Å². The fraction of sp³-hybridized carbons (Fsp3) is 0.846. The Kier molecular flexibility index (Phi) is 10.8. The SMILES string of the molecule is CC1=C[C@@H](O)C(O)CO1.CC1OCC(C)[C@H](O)[C@@H]1O.O.O. The molecular weight excluding hydrogens is 284 g/mol. The highest BCUT2D eigenvalue weighted by Gasteiger charge is 2.33. The van der Waals surface area contributed by atoms with Crippen LogP contribution in [0.25, 0.3) is 0 Å². The van der Waals surface area contributed by atoms with E-state index < -0.39 is 24.4 Å². The summed E-state index contributed by atoms with van der Waals surface area (Å²) >= 11 is 0. The fourth-order valence-corrected chi connectivity index (χ4v) is 1.83. The van der Waals surface area contributed by atoms with E-state index in [1.54, 1.807) is 13.8 Å². The Hall–Kier alpha value is -0.740. The van der Waals surface area contributed by atoms with Crippen LogP contribution in [0.15, 0.2) is 11.8 Å². The molecule has 8 nitrogen and oxygen atoms in total. The Labute approximate surface area is 124 Å². The number of hydrogen-bond donors (Lipinski definition) is 4. The molecule has 0 aromatic rings. The van der Waals surface area contributed by atoms with Gasteiger partial charge in [-0.1, -0.05) is 6.92 Å². The molecule has 3 unspecified atom stereocenters. The zero-order chi connectivity index (χ0) is 14.6. The van der Waals surface area contributed by atoms with Gasteiger partial charge in [-0.05, 0) is 19.9 Å². The van der Waals surface area contributed by atoms with Crippen LogP contribution >= 0.6 is 0 Å². The molecule has 0 aromatic carbocycles. The maximum atomic E-state index is 9.29. The van der Waals surface area contributed by atoms with Crippen molar-refractivity contribution in [3.63, 3.8) is 0 Å². The van der Waals surface area contributed by atoms with Crippen molar-refractivity contribution in [2.24, 2.45) is 5.92 Å². The zero-order valence-electron chi connectivity index (χ0n) is 12.6. The first-order valence-electron chi connectivity index (χ1n) is 6.48. The molecule has 128 valence electrons. The molecule has 1 fully saturated rings. The fourth-order valence-electron chi connectivity index (χ4n) is 1.83. The van der Waals surface area contributed by atoms with Gasteiger partial charge in [-0.25, -0.2) is 0 Å². The highest BCUT2D eigenvalue weighted by atomic mass is 16.5. The second-order valence-electron chi connectivity index (χ2n) is 5.14. The van der Waals surface area contributed by atoms with Crippen molar-refractivity contribution in [3.8, 4) is 0 Å². The lowest BCUT2D eigenvalue weighted by molar-refractivity contribution is -0.153. The first-order valence-corrected chi connectivity index (χ1v) is 6.48. The van der Waals surface area contributed by atoms with Crippen molar-refractivity contribution in [2.75, 3.05) is 13.2 Å². The molecule has 1 saturated heterocycles. The van der Waals surface area contributed by atoms with Gasteiger partial charge in [0.25, 0.3) is 0 Å². The predicted octanol–water partition coefficient (Wildman–Crippen LogP) is -2.24. The Bertz CT molecular complexity index is 295. The lowest BCUT2D eigenvalue weighted by Crippen LogP contribution is -2.47. The average molecular weight is 312 g/mol. The summed E-state index contributed by atoms with van der Waals surface area (Å²) in [5.41, 5.74) is 0. The van der Waals surface area contributed by atoms with Gasteiger partial charge in [0, 0.05) is 5.92 Å². The molecule has 2 aliphatic rings. The van der Waals surface area contributed by atoms with Crippen LogP contribution in [-0.2, 0) is 9.47 Å². The quantitative estimate of drug-likeness (QED) is 0.395. The minimum atomic E-state index is -0.756. The molecule has 0 saturated carbocycles. The van der Waals surface area contributed by atoms with Crippen molar-refractivity contribution in [3.05, 3.63) is 11.8 Å². The van der Waals surface area contributed by atoms with Crippen molar-refractivity contribution >= 4 is 0 Å². The number of aliphatic hydroxyl groups is 4. The van der Waals surface area contributed by atoms with Crippen molar-refractivity contribution in [2.45, 2.75) is 51.3 Å². The summed E-state index contributed by atoms with van der Waals surface area (Å²) in [6.07, 6.45) is -1.58. The highest BCUT2D eigenvalue weighted by Crippen LogP contribution is 2.19. The highest BCUT2D eigenvalue weighted by molar-refractivity contribution is 5.00. The van der Waals surface area contributed by atoms with Crippen LogP contribution in [0, 0.1) is 5.92 Å². The summed E-state index contributed by atoms with van der Waals surface area (Å²) in [7, 11) is 0. The van der Waals surface area contributed by atoms with Gasteiger partial charge in [-0.2, -0.15) is 0 Å². The molecule has 2 aliphatic heterocycles. The maximum Gasteiger partial charge on any atom is 0.117 e. The molecular formula is C13H28O8. The number of ether oxygens (including phenoxy) is 2. The monoisotopic (exact) mass is 312 g/mol. The molecule has 0 spiro atoms. The van der Waals surface area contributed by atoms with Crippen molar-refractivity contribution in [1.29, 1.82) is 0 Å². The lowest BCUT2D eigenvalue weighted by Gasteiger charge is -2.34. The topological polar surface area (TPSA) is 162 Å². The van der Waals surface area contributed by atoms with Crippen LogP contribution in [-0.4, -0.2) is 75.1 Å². The molecule has 8 heteroatoms. The number of rotatable bonds is 0. The largest absolute Gasteiger partial charge is 0.496 e. The summed E-state index contributed by atoms with van der Waals surface area (Å²) in [6.45, 7) is 6.11. The normalized spacial score (nSPS) is 38.5. The maximum absolute atomic E-state index is 9.29. The molecule has 0 bridgehead atoms. The van der Waals surface area contributed by atoms with E-state index in [1.807, 2.05) is 6.92 Å². The molecule has 0 aliphatic carbocycles. The van der Waals surface area contributed by atoms with E-state index >= 15 is 0 Å². The standard InChI is InChI=1S/C7H14O3.C6H10O3.2H2O/c1-4-3-10-5(2)7(9)6(4)8;1-4-2-5(7)6(8)3-9-4;;/h4-9H,3H2,1-2H3;2,5-8H,3H2,1H3;2*1H2/t4?,5?,6-,7+;5-,6?;;/m01../s1. The van der Waals surface area contributed by atoms with Gasteiger partial charge in [0.15, 0.2) is 0 Å². The summed E-state index contributed by atoms with van der Waals surface area (Å²) in [5, 5.41) is 36.3. The third-order valence-electron chi connectivity index (χ3n) is 3.32. The Morgan fingerprint density at radius 3 is 2.00 bits per heavy atom. The van der Waals surface area contributed by atoms with Crippen LogP contribution in [0.4, 0.5) is 0 Å². The van der Waals surface area contributed by atoms with E-state index in [1.165, 1.54) is 6.08 Å². The molecule has 0 radical (unpaired) electrons. The Morgan fingerprint density at radius 2 is 1.57 bits per heavy atom. The first-order chi connectivity index (χ1) is 8.82. The smallest absolute Gasteiger partial charge is 0.117 e. The minimum absolute atomic E-state index is 0. The van der Waals surface area contributed by atoms with Crippen LogP contribution in [0.5, 0.6) is 0 Å². The minimum Gasteiger partial charge on any atom is -0.496 e. The second kappa shape index (κ2) is 10.1. The molecule has 2 rings (SSSR count). The van der Waals surface area contributed by atoms with Gasteiger partial charge < -0.3 is 40.9 Å². The van der Waals surface area contributed by atoms with E-state index in [0.29, 0.717) is 12.4 Å². The van der Waals surface area contributed by atoms with E-state index in [9.17, 15) is 10.2 Å². The number of aliphatic hydroxyl groups excluding tert-OH is 4. The van der Waals surface area contributed by atoms with Gasteiger partial charge >= 0.3 is 0 Å². The molecule has 6 atom stereocenters. The van der Waals surface area contributed by atoms with Crippen molar-refractivity contribution < 1.29 is 40.9 Å². The molecule has 0 aromatic heterocycles. The third-order valence-corrected chi connectivity index (χ3v) is 3.32. The zero-order valence-corrected chi connectivity index (χ0v) is 12.6. The Morgan fingerprint density at radius 1 is 1.00 bits per heavy atom. The summed E-state index contributed by atoms with van der Waals surface area (Å²) < 4.78 is 10.1. The number of hydrogen-bond acceptors (Lipinski definition) is 6. The van der Waals surface area contributed by atoms with Gasteiger partial charge in [-0.3, -0.25) is 0 Å². The van der Waals surface area contributed by atoms with Crippen LogP contribution in [0.3, 0.4) is 0 Å². The van der Waals surface area contributed by atoms with Crippen molar-refractivity contribution in [1.82, 2.24) is 0 Å². The summed E-state index contributed by atoms with van der Waals surface area (Å²) in [4.78, 5) is 0. The lowest BCUT2D eigenvalue weighted by atomic mass is 9.95. The van der Waals surface area contributed by atoms with Crippen LogP contribution in [0.1, 0.15) is 20.8 Å². The average Bonchev–Trinajstić information content (AvgIpc) is 2.37. The van der Waals surface area contributed by atoms with Gasteiger partial charge in [0.2, 0.25) is 0 Å². The number of allylic oxidation sites excluding steroid dienone is 1. The van der Waals surface area contributed by atoms with E-state index in [4.69, 9.17) is 19.7 Å². The molecule has 0 amide bonds. The van der Waals surface area contributed by atoms with E-state index in [-0.39, 0.29) is 29.6 Å². The third kappa shape index (κ3) is 6.70. The Balaban J connectivity index is 0. The molecule has 2 heterocycles. The second-order valence-corrected chi connectivity index (χ2v) is 5.14. The molecule has 21 heavy (non-hydrogen) atoms. The molecule has 8 N–H and O–H groups in total. The summed E-state index contributed by atoms with van der Waals surface area (Å²) in [6, 6.07) is 0. The first kappa shape index (κ1) is 22.5. The van der Waals surface area contributed by atoms with E-state index in [0.717, 1.165) is 0 Å². The van der Waals surface area contributed by atoms with Crippen LogP contribution < -0.4 is 0 Å². The van der Waals surface area contributed by atoms with Crippen LogP contribution in [0.2, 0.25) is 0 Å².